The Bertz CT molecular complexity index is 504. The van der Waals surface area contributed by atoms with Crippen molar-refractivity contribution in [2.45, 2.75) is 19.4 Å². The van der Waals surface area contributed by atoms with Gasteiger partial charge in [-0.05, 0) is 40.5 Å². The fraction of sp³-hybridized carbons (Fsp3) is 0.333. The lowest BCUT2D eigenvalue weighted by atomic mass is 10.1. The first-order chi connectivity index (χ1) is 8.60. The van der Waals surface area contributed by atoms with Crippen molar-refractivity contribution in [1.82, 2.24) is 0 Å². The Morgan fingerprint density at radius 1 is 1.61 bits per heavy atom. The average Bonchev–Trinajstić information content (AvgIpc) is 2.32. The fourth-order valence-corrected chi connectivity index (χ4v) is 2.05. The molecular weight excluding hydrogens is 305 g/mol. The van der Waals surface area contributed by atoms with Crippen LogP contribution in [0.1, 0.15) is 25.0 Å². The van der Waals surface area contributed by atoms with Gasteiger partial charge < -0.3 is 9.47 Å². The van der Waals surface area contributed by atoms with E-state index < -0.39 is 12.2 Å². The third-order valence-corrected chi connectivity index (χ3v) is 3.05. The molecule has 0 radical (unpaired) electrons. The summed E-state index contributed by atoms with van der Waals surface area (Å²) in [6.45, 7) is 2.25. The van der Waals surface area contributed by atoms with Gasteiger partial charge in [-0.1, -0.05) is 6.07 Å². The Morgan fingerprint density at radius 3 is 3.06 bits per heavy atom. The molecule has 1 unspecified atom stereocenters. The highest BCUT2D eigenvalue weighted by Gasteiger charge is 2.26. The molecule has 1 aliphatic heterocycles. The molecule has 0 aliphatic carbocycles. The molecule has 1 aliphatic rings. The first kappa shape index (κ1) is 13.0. The maximum atomic E-state index is 13.1. The quantitative estimate of drug-likeness (QED) is 0.837. The van der Waals surface area contributed by atoms with E-state index in [2.05, 4.69) is 20.9 Å². The summed E-state index contributed by atoms with van der Waals surface area (Å²) < 4.78 is 23.8. The zero-order chi connectivity index (χ0) is 13.1. The van der Waals surface area contributed by atoms with Crippen LogP contribution in [-0.4, -0.2) is 18.6 Å². The zero-order valence-electron chi connectivity index (χ0n) is 9.65. The summed E-state index contributed by atoms with van der Waals surface area (Å²) in [5, 5.41) is 0. The van der Waals surface area contributed by atoms with Gasteiger partial charge in [0.2, 0.25) is 0 Å². The summed E-state index contributed by atoms with van der Waals surface area (Å²) in [5.41, 5.74) is 0.698. The second-order valence-electron chi connectivity index (χ2n) is 3.69. The van der Waals surface area contributed by atoms with Crippen LogP contribution in [0.4, 0.5) is 9.18 Å². The molecule has 1 aromatic carbocycles. The van der Waals surface area contributed by atoms with Crippen LogP contribution in [0.15, 0.2) is 27.7 Å². The highest BCUT2D eigenvalue weighted by Crippen LogP contribution is 2.29. The number of aliphatic imine (C=N–C) groups is 1. The second-order valence-corrected chi connectivity index (χ2v) is 4.54. The number of nitrogens with zero attached hydrogens (tertiary/aromatic N) is 1. The number of cyclic esters (lactones) is 1. The van der Waals surface area contributed by atoms with Crippen molar-refractivity contribution in [2.24, 2.45) is 4.99 Å². The van der Waals surface area contributed by atoms with E-state index in [1.807, 2.05) is 6.92 Å². The lowest BCUT2D eigenvalue weighted by Crippen LogP contribution is -2.22. The standard InChI is InChI=1S/C12H11BrFNO3/c1-2-17-11-6-10(18-12(16)15-11)7-3-4-9(14)8(13)5-7/h3-5,10H,2,6H2,1H3. The number of benzene rings is 1. The van der Waals surface area contributed by atoms with Crippen LogP contribution >= 0.6 is 15.9 Å². The third kappa shape index (κ3) is 2.87. The molecule has 0 N–H and O–H groups in total. The maximum absolute atomic E-state index is 13.1. The minimum absolute atomic E-state index is 0.330. The highest BCUT2D eigenvalue weighted by atomic mass is 79.9. The largest absolute Gasteiger partial charge is 0.481 e. The summed E-state index contributed by atoms with van der Waals surface area (Å²) in [7, 11) is 0. The van der Waals surface area contributed by atoms with Crippen LogP contribution in [-0.2, 0) is 9.47 Å². The Kier molecular flexibility index (Phi) is 3.96. The van der Waals surface area contributed by atoms with E-state index in [1.54, 1.807) is 12.1 Å². The summed E-state index contributed by atoms with van der Waals surface area (Å²) in [6, 6.07) is 4.48. The number of halogens is 2. The number of carbonyl (C=O) groups excluding carboxylic acids is 1. The maximum Gasteiger partial charge on any atom is 0.437 e. The molecule has 0 saturated heterocycles. The molecule has 0 spiro atoms. The van der Waals surface area contributed by atoms with Gasteiger partial charge in [0.05, 0.1) is 17.5 Å². The third-order valence-electron chi connectivity index (χ3n) is 2.45. The van der Waals surface area contributed by atoms with Crippen molar-refractivity contribution < 1.29 is 18.7 Å². The molecule has 2 rings (SSSR count). The minimum Gasteiger partial charge on any atom is -0.481 e. The van der Waals surface area contributed by atoms with Crippen molar-refractivity contribution in [3.63, 3.8) is 0 Å². The van der Waals surface area contributed by atoms with Crippen molar-refractivity contribution in [1.29, 1.82) is 0 Å². The molecule has 1 amide bonds. The number of amides is 1. The zero-order valence-corrected chi connectivity index (χ0v) is 11.2. The fourth-order valence-electron chi connectivity index (χ4n) is 1.65. The second kappa shape index (κ2) is 5.48. The topological polar surface area (TPSA) is 47.9 Å². The SMILES string of the molecule is CCOC1=NC(=O)OC(c2ccc(F)c(Br)c2)C1. The number of hydrogen-bond acceptors (Lipinski definition) is 3. The summed E-state index contributed by atoms with van der Waals surface area (Å²) >= 11 is 3.10. The number of hydrogen-bond donors (Lipinski definition) is 0. The molecule has 1 heterocycles. The lowest BCUT2D eigenvalue weighted by Gasteiger charge is -2.22. The molecule has 96 valence electrons. The molecule has 4 nitrogen and oxygen atoms in total. The van der Waals surface area contributed by atoms with Crippen LogP contribution in [0.3, 0.4) is 0 Å². The van der Waals surface area contributed by atoms with E-state index in [4.69, 9.17) is 9.47 Å². The van der Waals surface area contributed by atoms with Crippen LogP contribution < -0.4 is 0 Å². The van der Waals surface area contributed by atoms with Gasteiger partial charge >= 0.3 is 6.09 Å². The molecule has 0 bridgehead atoms. The van der Waals surface area contributed by atoms with Gasteiger partial charge in [0, 0.05) is 0 Å². The van der Waals surface area contributed by atoms with Crippen LogP contribution in [0, 0.1) is 5.82 Å². The highest BCUT2D eigenvalue weighted by molar-refractivity contribution is 9.10. The first-order valence-electron chi connectivity index (χ1n) is 5.46. The van der Waals surface area contributed by atoms with Crippen molar-refractivity contribution >= 4 is 27.9 Å². The monoisotopic (exact) mass is 315 g/mol. The van der Waals surface area contributed by atoms with Crippen molar-refractivity contribution in [3.05, 3.63) is 34.1 Å². The van der Waals surface area contributed by atoms with E-state index in [0.717, 1.165) is 0 Å². The van der Waals surface area contributed by atoms with Gasteiger partial charge in [0.1, 0.15) is 11.9 Å². The van der Waals surface area contributed by atoms with Gasteiger partial charge in [-0.15, -0.1) is 4.99 Å². The summed E-state index contributed by atoms with van der Waals surface area (Å²) in [6.07, 6.45) is -0.818. The first-order valence-corrected chi connectivity index (χ1v) is 6.25. The van der Waals surface area contributed by atoms with Crippen molar-refractivity contribution in [2.75, 3.05) is 6.61 Å². The molecule has 0 saturated carbocycles. The Labute approximate surface area is 112 Å². The van der Waals surface area contributed by atoms with E-state index in [-0.39, 0.29) is 5.82 Å². The van der Waals surface area contributed by atoms with Gasteiger partial charge in [-0.25, -0.2) is 9.18 Å². The number of rotatable bonds is 2. The van der Waals surface area contributed by atoms with Crippen LogP contribution in [0.2, 0.25) is 0 Å². The molecule has 18 heavy (non-hydrogen) atoms. The Hall–Kier alpha value is -1.43. The molecule has 1 aromatic rings. The van der Waals surface area contributed by atoms with E-state index >= 15 is 0 Å². The Morgan fingerprint density at radius 2 is 2.39 bits per heavy atom. The molecule has 0 aromatic heterocycles. The van der Waals surface area contributed by atoms with Crippen LogP contribution in [0.25, 0.3) is 0 Å². The molecular formula is C12H11BrFNO3. The smallest absolute Gasteiger partial charge is 0.437 e. The van der Waals surface area contributed by atoms with Crippen molar-refractivity contribution in [3.8, 4) is 0 Å². The van der Waals surface area contributed by atoms with Gasteiger partial charge in [-0.2, -0.15) is 0 Å². The Balaban J connectivity index is 2.21. The number of carbonyl (C=O) groups is 1. The van der Waals surface area contributed by atoms with Gasteiger partial charge in [0.15, 0.2) is 5.90 Å². The van der Waals surface area contributed by atoms with E-state index in [9.17, 15) is 9.18 Å². The predicted molar refractivity (Wildman–Crippen MR) is 67.0 cm³/mol. The van der Waals surface area contributed by atoms with E-state index in [1.165, 1.54) is 6.07 Å². The van der Waals surface area contributed by atoms with Crippen LogP contribution in [0.5, 0.6) is 0 Å². The molecule has 1 atom stereocenters. The normalized spacial score (nSPS) is 19.2. The number of ether oxygens (including phenoxy) is 2. The molecule has 6 heteroatoms. The predicted octanol–water partition coefficient (Wildman–Crippen LogP) is 3.60. The molecule has 0 fully saturated rings. The minimum atomic E-state index is -0.685. The van der Waals surface area contributed by atoms with E-state index in [0.29, 0.717) is 29.0 Å². The van der Waals surface area contributed by atoms with Gasteiger partial charge in [0.25, 0.3) is 0 Å². The summed E-state index contributed by atoms with van der Waals surface area (Å²) in [5.74, 6) is -0.0150. The summed E-state index contributed by atoms with van der Waals surface area (Å²) in [4.78, 5) is 14.9. The van der Waals surface area contributed by atoms with Gasteiger partial charge in [-0.3, -0.25) is 0 Å². The average molecular weight is 316 g/mol. The lowest BCUT2D eigenvalue weighted by molar-refractivity contribution is 0.0971.